The van der Waals surface area contributed by atoms with E-state index in [9.17, 15) is 0 Å². The molecule has 6 heteroatoms. The molecule has 3 N–H and O–H groups in total. The van der Waals surface area contributed by atoms with Gasteiger partial charge in [-0.1, -0.05) is 34.8 Å². The molecule has 0 heterocycles. The topological polar surface area (TPSA) is 52.5 Å². The van der Waals surface area contributed by atoms with E-state index in [4.69, 9.17) is 45.0 Å². The SMILES string of the molecule is OC[C@@H](O)CNc1c(Cl)cc(Cl)cc1Cl. The summed E-state index contributed by atoms with van der Waals surface area (Å²) in [5.41, 5.74) is 0.496. The first-order valence-electron chi connectivity index (χ1n) is 4.22. The molecule has 0 bridgehead atoms. The van der Waals surface area contributed by atoms with Crippen molar-refractivity contribution in [2.45, 2.75) is 6.10 Å². The fourth-order valence-electron chi connectivity index (χ4n) is 0.996. The van der Waals surface area contributed by atoms with Gasteiger partial charge in [0.15, 0.2) is 0 Å². The van der Waals surface area contributed by atoms with Crippen molar-refractivity contribution in [3.63, 3.8) is 0 Å². The molecular weight excluding hydrogens is 260 g/mol. The zero-order chi connectivity index (χ0) is 11.4. The molecule has 0 saturated heterocycles. The zero-order valence-corrected chi connectivity index (χ0v) is 9.94. The summed E-state index contributed by atoms with van der Waals surface area (Å²) in [6, 6.07) is 3.09. The Kier molecular flexibility index (Phi) is 4.96. The van der Waals surface area contributed by atoms with Gasteiger partial charge in [-0.15, -0.1) is 0 Å². The Morgan fingerprint density at radius 3 is 2.20 bits per heavy atom. The van der Waals surface area contributed by atoms with Crippen molar-refractivity contribution in [2.24, 2.45) is 0 Å². The highest BCUT2D eigenvalue weighted by Gasteiger charge is 2.09. The average molecular weight is 271 g/mol. The maximum Gasteiger partial charge on any atom is 0.0942 e. The fourth-order valence-corrected chi connectivity index (χ4v) is 1.95. The largest absolute Gasteiger partial charge is 0.394 e. The normalized spacial score (nSPS) is 12.6. The van der Waals surface area contributed by atoms with Gasteiger partial charge in [-0.05, 0) is 12.1 Å². The molecule has 0 aliphatic rings. The standard InChI is InChI=1S/C9H10Cl3NO2/c10-5-1-7(11)9(8(12)2-5)13-3-6(15)4-14/h1-2,6,13-15H,3-4H2/t6-/m0/s1. The molecule has 84 valence electrons. The van der Waals surface area contributed by atoms with E-state index in [1.54, 1.807) is 12.1 Å². The zero-order valence-electron chi connectivity index (χ0n) is 7.67. The van der Waals surface area contributed by atoms with Crippen LogP contribution in [0.25, 0.3) is 0 Å². The van der Waals surface area contributed by atoms with E-state index in [-0.39, 0.29) is 13.2 Å². The minimum atomic E-state index is -0.854. The first kappa shape index (κ1) is 12.9. The Labute approximate surface area is 103 Å². The molecule has 1 aromatic rings. The monoisotopic (exact) mass is 269 g/mol. The Hall–Kier alpha value is -0.190. The van der Waals surface area contributed by atoms with E-state index in [1.807, 2.05) is 0 Å². The average Bonchev–Trinajstić information content (AvgIpc) is 2.15. The van der Waals surface area contributed by atoms with Gasteiger partial charge in [0.25, 0.3) is 0 Å². The van der Waals surface area contributed by atoms with Gasteiger partial charge in [0.05, 0.1) is 28.4 Å². The van der Waals surface area contributed by atoms with Crippen LogP contribution < -0.4 is 5.32 Å². The lowest BCUT2D eigenvalue weighted by Gasteiger charge is -2.13. The molecule has 3 nitrogen and oxygen atoms in total. The van der Waals surface area contributed by atoms with Crippen LogP contribution in [0, 0.1) is 0 Å². The Morgan fingerprint density at radius 2 is 1.73 bits per heavy atom. The molecule has 0 aromatic heterocycles. The Morgan fingerprint density at radius 1 is 1.20 bits per heavy atom. The van der Waals surface area contributed by atoms with E-state index >= 15 is 0 Å². The van der Waals surface area contributed by atoms with Crippen molar-refractivity contribution in [1.29, 1.82) is 0 Å². The molecule has 0 spiro atoms. The minimum absolute atomic E-state index is 0.164. The lowest BCUT2D eigenvalue weighted by atomic mass is 10.3. The molecular formula is C9H10Cl3NO2. The van der Waals surface area contributed by atoms with Crippen LogP contribution in [-0.2, 0) is 0 Å². The van der Waals surface area contributed by atoms with Crippen LogP contribution in [-0.4, -0.2) is 29.5 Å². The number of aliphatic hydroxyl groups is 2. The summed E-state index contributed by atoms with van der Waals surface area (Å²) in [6.07, 6.45) is -0.854. The third-order valence-corrected chi connectivity index (χ3v) is 2.55. The minimum Gasteiger partial charge on any atom is -0.394 e. The number of hydrogen-bond donors (Lipinski definition) is 3. The Bertz CT molecular complexity index is 323. The second-order valence-electron chi connectivity index (χ2n) is 2.96. The van der Waals surface area contributed by atoms with Crippen molar-refractivity contribution in [3.05, 3.63) is 27.2 Å². The second kappa shape index (κ2) is 5.77. The Balaban J connectivity index is 2.77. The second-order valence-corrected chi connectivity index (χ2v) is 4.21. The van der Waals surface area contributed by atoms with Gasteiger partial charge in [-0.2, -0.15) is 0 Å². The molecule has 0 unspecified atom stereocenters. The quantitative estimate of drug-likeness (QED) is 0.787. The molecule has 0 saturated carbocycles. The van der Waals surface area contributed by atoms with Gasteiger partial charge >= 0.3 is 0 Å². The highest BCUT2D eigenvalue weighted by molar-refractivity contribution is 6.41. The van der Waals surface area contributed by atoms with Crippen molar-refractivity contribution in [3.8, 4) is 0 Å². The number of hydrogen-bond acceptors (Lipinski definition) is 3. The van der Waals surface area contributed by atoms with Gasteiger partial charge in [0.2, 0.25) is 0 Å². The van der Waals surface area contributed by atoms with Crippen molar-refractivity contribution < 1.29 is 10.2 Å². The van der Waals surface area contributed by atoms with Crippen molar-refractivity contribution >= 4 is 40.5 Å². The van der Waals surface area contributed by atoms with E-state index < -0.39 is 6.10 Å². The van der Waals surface area contributed by atoms with E-state index in [0.29, 0.717) is 20.8 Å². The van der Waals surface area contributed by atoms with Crippen LogP contribution in [0.2, 0.25) is 15.1 Å². The lowest BCUT2D eigenvalue weighted by molar-refractivity contribution is 0.105. The van der Waals surface area contributed by atoms with Crippen molar-refractivity contribution in [1.82, 2.24) is 0 Å². The molecule has 1 aromatic carbocycles. The van der Waals surface area contributed by atoms with Gasteiger partial charge in [-0.25, -0.2) is 0 Å². The van der Waals surface area contributed by atoms with Gasteiger partial charge in [0, 0.05) is 11.6 Å². The van der Waals surface area contributed by atoms with Gasteiger partial charge in [0.1, 0.15) is 0 Å². The van der Waals surface area contributed by atoms with Crippen LogP contribution in [0.1, 0.15) is 0 Å². The van der Waals surface area contributed by atoms with E-state index in [2.05, 4.69) is 5.32 Å². The van der Waals surface area contributed by atoms with Crippen LogP contribution >= 0.6 is 34.8 Å². The third-order valence-electron chi connectivity index (χ3n) is 1.73. The highest BCUT2D eigenvalue weighted by atomic mass is 35.5. The van der Waals surface area contributed by atoms with Crippen LogP contribution in [0.3, 0.4) is 0 Å². The third kappa shape index (κ3) is 3.70. The van der Waals surface area contributed by atoms with Gasteiger partial charge < -0.3 is 15.5 Å². The first-order valence-corrected chi connectivity index (χ1v) is 5.35. The maximum absolute atomic E-state index is 9.13. The van der Waals surface area contributed by atoms with Crippen LogP contribution in [0.15, 0.2) is 12.1 Å². The van der Waals surface area contributed by atoms with Crippen LogP contribution in [0.5, 0.6) is 0 Å². The fraction of sp³-hybridized carbons (Fsp3) is 0.333. The maximum atomic E-state index is 9.13. The number of anilines is 1. The number of nitrogens with one attached hydrogen (secondary N) is 1. The molecule has 0 aliphatic carbocycles. The number of benzene rings is 1. The smallest absolute Gasteiger partial charge is 0.0942 e. The molecule has 0 aliphatic heterocycles. The summed E-state index contributed by atoms with van der Waals surface area (Å²) >= 11 is 17.5. The number of aliphatic hydroxyl groups excluding tert-OH is 2. The van der Waals surface area contributed by atoms with E-state index in [1.165, 1.54) is 0 Å². The summed E-state index contributed by atoms with van der Waals surface area (Å²) in [5, 5.41) is 21.8. The van der Waals surface area contributed by atoms with Gasteiger partial charge in [-0.3, -0.25) is 0 Å². The summed E-state index contributed by atoms with van der Waals surface area (Å²) in [6.45, 7) is -0.159. The summed E-state index contributed by atoms with van der Waals surface area (Å²) < 4.78 is 0. The van der Waals surface area contributed by atoms with Crippen LogP contribution in [0.4, 0.5) is 5.69 Å². The lowest BCUT2D eigenvalue weighted by Crippen LogP contribution is -2.23. The summed E-state index contributed by atoms with van der Waals surface area (Å²) in [5.74, 6) is 0. The predicted molar refractivity (Wildman–Crippen MR) is 63.1 cm³/mol. The van der Waals surface area contributed by atoms with Crippen molar-refractivity contribution in [2.75, 3.05) is 18.5 Å². The first-order chi connectivity index (χ1) is 7.04. The molecule has 15 heavy (non-hydrogen) atoms. The number of rotatable bonds is 4. The summed E-state index contributed by atoms with van der Waals surface area (Å²) in [4.78, 5) is 0. The van der Waals surface area contributed by atoms with E-state index in [0.717, 1.165) is 0 Å². The number of halogens is 3. The predicted octanol–water partition coefficient (Wildman–Crippen LogP) is 2.41. The molecule has 0 fully saturated rings. The summed E-state index contributed by atoms with van der Waals surface area (Å²) in [7, 11) is 0. The highest BCUT2D eigenvalue weighted by Crippen LogP contribution is 2.33. The molecule has 1 rings (SSSR count). The molecule has 0 radical (unpaired) electrons. The molecule has 1 atom stereocenters. The molecule has 0 amide bonds.